The molecule has 36 heavy (non-hydrogen) atoms. The first-order chi connectivity index (χ1) is 17.2. The number of piperidine rings is 1. The van der Waals surface area contributed by atoms with Crippen molar-refractivity contribution in [3.63, 3.8) is 0 Å². The van der Waals surface area contributed by atoms with Gasteiger partial charge in [0.15, 0.2) is 0 Å². The first kappa shape index (κ1) is 26.4. The van der Waals surface area contributed by atoms with Crippen LogP contribution in [0.15, 0.2) is 30.3 Å². The lowest BCUT2D eigenvalue weighted by Gasteiger charge is -2.33. The Kier molecular flexibility index (Phi) is 8.19. The Balaban J connectivity index is 1.45. The molecule has 11 heteroatoms. The average Bonchev–Trinajstić information content (AvgIpc) is 3.65. The lowest BCUT2D eigenvalue weighted by Crippen LogP contribution is -2.40. The van der Waals surface area contributed by atoms with Crippen molar-refractivity contribution in [3.05, 3.63) is 52.8 Å². The van der Waals surface area contributed by atoms with E-state index in [9.17, 15) is 22.4 Å². The summed E-state index contributed by atoms with van der Waals surface area (Å²) in [5.74, 6) is -0.418. The Morgan fingerprint density at radius 3 is 2.61 bits per heavy atom. The molecule has 196 valence electrons. The van der Waals surface area contributed by atoms with Gasteiger partial charge in [-0.1, -0.05) is 18.0 Å². The molecule has 0 spiro atoms. The van der Waals surface area contributed by atoms with Gasteiger partial charge < -0.3 is 14.2 Å². The van der Waals surface area contributed by atoms with Gasteiger partial charge in [0.25, 0.3) is 5.91 Å². The Hall–Kier alpha value is -2.66. The van der Waals surface area contributed by atoms with E-state index in [1.54, 1.807) is 18.4 Å². The van der Waals surface area contributed by atoms with Crippen molar-refractivity contribution in [2.75, 3.05) is 26.5 Å². The van der Waals surface area contributed by atoms with E-state index in [0.29, 0.717) is 24.6 Å². The van der Waals surface area contributed by atoms with Crippen LogP contribution in [0.1, 0.15) is 53.1 Å². The Bertz CT molecular complexity index is 1090. The van der Waals surface area contributed by atoms with Gasteiger partial charge in [-0.25, -0.2) is 4.39 Å². The van der Waals surface area contributed by atoms with Crippen LogP contribution in [0.3, 0.4) is 0 Å². The van der Waals surface area contributed by atoms with Gasteiger partial charge in [-0.05, 0) is 55.8 Å². The Morgan fingerprint density at radius 2 is 1.94 bits per heavy atom. The molecule has 1 atom stereocenters. The quantitative estimate of drug-likeness (QED) is 0.335. The lowest BCUT2D eigenvalue weighted by atomic mass is 10.0. The Labute approximate surface area is 211 Å². The number of amides is 1. The van der Waals surface area contributed by atoms with E-state index in [0.717, 1.165) is 55.3 Å². The van der Waals surface area contributed by atoms with Gasteiger partial charge in [0, 0.05) is 37.0 Å². The van der Waals surface area contributed by atoms with Gasteiger partial charge >= 0.3 is 6.36 Å². The molecule has 1 saturated heterocycles. The van der Waals surface area contributed by atoms with Gasteiger partial charge in [0.2, 0.25) is 0 Å². The topological polar surface area (TPSA) is 60.0 Å². The number of rotatable bonds is 9. The number of alkyl halides is 3. The first-order valence-corrected chi connectivity index (χ1v) is 12.9. The number of carbonyl (C=O) groups excluding carboxylic acids is 1. The number of nitrogens with zero attached hydrogens (tertiary/aromatic N) is 1. The molecule has 1 aliphatic heterocycles. The number of carbonyl (C=O) groups is 1. The molecule has 2 aromatic carbocycles. The highest BCUT2D eigenvalue weighted by molar-refractivity contribution is 7.97. The van der Waals surface area contributed by atoms with E-state index in [1.807, 2.05) is 0 Å². The van der Waals surface area contributed by atoms with E-state index in [-0.39, 0.29) is 23.3 Å². The molecule has 6 nitrogen and oxygen atoms in total. The fourth-order valence-electron chi connectivity index (χ4n) is 4.43. The predicted molar refractivity (Wildman–Crippen MR) is 128 cm³/mol. The van der Waals surface area contributed by atoms with Crippen LogP contribution in [0.25, 0.3) is 0 Å². The van der Waals surface area contributed by atoms with Gasteiger partial charge in [0.1, 0.15) is 29.2 Å². The van der Waals surface area contributed by atoms with Crippen LogP contribution in [0.2, 0.25) is 0 Å². The third-order valence-electron chi connectivity index (χ3n) is 6.20. The lowest BCUT2D eigenvalue weighted by molar-refractivity contribution is -0.274. The molecule has 1 unspecified atom stereocenters. The number of methoxy groups -OCH3 is 1. The second-order valence-electron chi connectivity index (χ2n) is 8.92. The average molecular weight is 529 g/mol. The highest BCUT2D eigenvalue weighted by Gasteiger charge is 2.33. The summed E-state index contributed by atoms with van der Waals surface area (Å²) in [6, 6.07) is 6.96. The third kappa shape index (κ3) is 6.76. The fourth-order valence-corrected chi connectivity index (χ4v) is 4.73. The van der Waals surface area contributed by atoms with E-state index >= 15 is 0 Å². The SMILES string of the molecule is COc1cc(OC(F)(F)F)ccc1CN1CCCC(Oc2cc(F)c(C(=O)NSC)cc2C2CC2)C1. The molecule has 0 bridgehead atoms. The van der Waals surface area contributed by atoms with E-state index in [4.69, 9.17) is 9.47 Å². The van der Waals surface area contributed by atoms with E-state index in [1.165, 1.54) is 25.3 Å². The largest absolute Gasteiger partial charge is 0.573 e. The minimum absolute atomic E-state index is 0.00825. The molecule has 0 aromatic heterocycles. The highest BCUT2D eigenvalue weighted by Crippen LogP contribution is 2.45. The number of ether oxygens (including phenoxy) is 3. The molecular formula is C25H28F4N2O4S. The molecule has 2 fully saturated rings. The monoisotopic (exact) mass is 528 g/mol. The molecule has 2 aromatic rings. The van der Waals surface area contributed by atoms with E-state index < -0.39 is 18.1 Å². The molecule has 1 heterocycles. The summed E-state index contributed by atoms with van der Waals surface area (Å²) in [6.45, 7) is 1.79. The van der Waals surface area contributed by atoms with Gasteiger partial charge in [0.05, 0.1) is 12.7 Å². The maximum absolute atomic E-state index is 14.8. The summed E-state index contributed by atoms with van der Waals surface area (Å²) in [5.41, 5.74) is 1.58. The third-order valence-corrected chi connectivity index (χ3v) is 6.59. The molecular weight excluding hydrogens is 500 g/mol. The molecule has 1 aliphatic carbocycles. The van der Waals surface area contributed by atoms with Crippen molar-refractivity contribution in [3.8, 4) is 17.2 Å². The fraction of sp³-hybridized carbons (Fsp3) is 0.480. The molecule has 2 aliphatic rings. The van der Waals surface area contributed by atoms with Crippen molar-refractivity contribution in [2.45, 2.75) is 50.6 Å². The highest BCUT2D eigenvalue weighted by atomic mass is 32.2. The number of benzene rings is 2. The Morgan fingerprint density at radius 1 is 1.17 bits per heavy atom. The van der Waals surface area contributed by atoms with Crippen molar-refractivity contribution in [1.82, 2.24) is 9.62 Å². The number of halogens is 4. The summed E-state index contributed by atoms with van der Waals surface area (Å²) in [6.07, 6.45) is 0.292. The number of hydrogen-bond acceptors (Lipinski definition) is 6. The zero-order chi connectivity index (χ0) is 25.9. The van der Waals surface area contributed by atoms with Gasteiger partial charge in [-0.2, -0.15) is 0 Å². The van der Waals surface area contributed by atoms with Crippen LogP contribution >= 0.6 is 11.9 Å². The van der Waals surface area contributed by atoms with Crippen molar-refractivity contribution in [1.29, 1.82) is 0 Å². The summed E-state index contributed by atoms with van der Waals surface area (Å²) in [5, 5.41) is 0. The van der Waals surface area contributed by atoms with Crippen molar-refractivity contribution in [2.24, 2.45) is 0 Å². The van der Waals surface area contributed by atoms with Crippen LogP contribution in [-0.4, -0.2) is 49.7 Å². The summed E-state index contributed by atoms with van der Waals surface area (Å²) < 4.78 is 70.5. The van der Waals surface area contributed by atoms with Crippen LogP contribution in [0.5, 0.6) is 17.2 Å². The zero-order valence-electron chi connectivity index (χ0n) is 20.0. The molecule has 0 radical (unpaired) electrons. The maximum Gasteiger partial charge on any atom is 0.573 e. The van der Waals surface area contributed by atoms with Crippen LogP contribution < -0.4 is 18.9 Å². The summed E-state index contributed by atoms with van der Waals surface area (Å²) in [4.78, 5) is 14.4. The van der Waals surface area contributed by atoms with Crippen molar-refractivity contribution >= 4 is 17.9 Å². The molecule has 1 amide bonds. The van der Waals surface area contributed by atoms with Crippen molar-refractivity contribution < 1.29 is 36.6 Å². The van der Waals surface area contributed by atoms with Gasteiger partial charge in [-0.3, -0.25) is 14.4 Å². The van der Waals surface area contributed by atoms with Crippen LogP contribution in [-0.2, 0) is 6.54 Å². The number of hydrogen-bond donors (Lipinski definition) is 1. The first-order valence-electron chi connectivity index (χ1n) is 11.6. The minimum Gasteiger partial charge on any atom is -0.496 e. The zero-order valence-corrected chi connectivity index (χ0v) is 20.8. The minimum atomic E-state index is -4.78. The van der Waals surface area contributed by atoms with E-state index in [2.05, 4.69) is 14.4 Å². The molecule has 1 saturated carbocycles. The standard InChI is InChI=1S/C25H28F4N2O4S/c1-33-22-10-17(35-25(27,28)29)8-7-16(22)13-31-9-3-4-18(14-31)34-23-12-21(26)20(24(32)30-36-2)11-19(23)15-5-6-15/h7-8,10-12,15,18H,3-6,9,13-14H2,1-2H3,(H,30,32). The second-order valence-corrected chi connectivity index (χ2v) is 9.53. The normalized spacial score (nSPS) is 18.6. The number of likely N-dealkylation sites (tertiary alicyclic amines) is 1. The summed E-state index contributed by atoms with van der Waals surface area (Å²) >= 11 is 1.11. The number of nitrogens with one attached hydrogen (secondary N) is 1. The molecule has 4 rings (SSSR count). The predicted octanol–water partition coefficient (Wildman–Crippen LogP) is 5.66. The molecule has 1 N–H and O–H groups in total. The maximum atomic E-state index is 14.8. The van der Waals surface area contributed by atoms with Crippen LogP contribution in [0, 0.1) is 5.82 Å². The smallest absolute Gasteiger partial charge is 0.496 e. The second kappa shape index (κ2) is 11.2. The van der Waals surface area contributed by atoms with Crippen LogP contribution in [0.4, 0.5) is 17.6 Å². The van der Waals surface area contributed by atoms with Gasteiger partial charge in [-0.15, -0.1) is 13.2 Å². The summed E-state index contributed by atoms with van der Waals surface area (Å²) in [7, 11) is 1.40.